The van der Waals surface area contributed by atoms with Crippen molar-refractivity contribution in [3.05, 3.63) is 17.3 Å². The Hall–Kier alpha value is -1.73. The first-order valence-electron chi connectivity index (χ1n) is 6.04. The van der Waals surface area contributed by atoms with Gasteiger partial charge in [0.1, 0.15) is 15.2 Å². The van der Waals surface area contributed by atoms with E-state index in [4.69, 9.17) is 5.73 Å². The average Bonchev–Trinajstić information content (AvgIpc) is 2.76. The van der Waals surface area contributed by atoms with Gasteiger partial charge >= 0.3 is 0 Å². The predicted molar refractivity (Wildman–Crippen MR) is 77.3 cm³/mol. The maximum Gasteiger partial charge on any atom is 0.265 e. The maximum absolute atomic E-state index is 12.3. The van der Waals surface area contributed by atoms with E-state index in [1.165, 1.54) is 11.3 Å². The normalized spacial score (nSPS) is 10.8. The lowest BCUT2D eigenvalue weighted by molar-refractivity contribution is 0.0799. The van der Waals surface area contributed by atoms with Crippen LogP contribution in [0, 0.1) is 0 Å². The van der Waals surface area contributed by atoms with Gasteiger partial charge in [0.15, 0.2) is 0 Å². The molecular weight excluding hydrogens is 262 g/mol. The van der Waals surface area contributed by atoms with E-state index in [0.717, 1.165) is 13.0 Å². The second-order valence-electron chi connectivity index (χ2n) is 4.24. The number of nitrogens with two attached hydrogens (primary N) is 1. The van der Waals surface area contributed by atoms with Gasteiger partial charge in [-0.2, -0.15) is 0 Å². The standard InChI is InChI=1S/C12H17N5OS/c1-14-4-3-7-17(2)12(18)10-8(13)9-11(19-10)16-6-5-15-9/h5-6,14H,3-4,7,13H2,1-2H3. The van der Waals surface area contributed by atoms with Crippen LogP contribution in [0.4, 0.5) is 5.69 Å². The number of rotatable bonds is 5. The summed E-state index contributed by atoms with van der Waals surface area (Å²) in [7, 11) is 3.67. The van der Waals surface area contributed by atoms with E-state index in [2.05, 4.69) is 15.3 Å². The summed E-state index contributed by atoms with van der Waals surface area (Å²) >= 11 is 1.29. The van der Waals surface area contributed by atoms with Crippen LogP contribution < -0.4 is 11.1 Å². The Morgan fingerprint density at radius 1 is 1.47 bits per heavy atom. The molecule has 0 atom stereocenters. The highest BCUT2D eigenvalue weighted by Crippen LogP contribution is 2.31. The van der Waals surface area contributed by atoms with Crippen molar-refractivity contribution in [3.8, 4) is 0 Å². The summed E-state index contributed by atoms with van der Waals surface area (Å²) in [5.41, 5.74) is 7.02. The third kappa shape index (κ3) is 2.82. The first-order chi connectivity index (χ1) is 9.15. The van der Waals surface area contributed by atoms with Crippen LogP contribution in [0.2, 0.25) is 0 Å². The Labute approximate surface area is 115 Å². The van der Waals surface area contributed by atoms with E-state index in [1.54, 1.807) is 24.3 Å². The van der Waals surface area contributed by atoms with Crippen molar-refractivity contribution >= 4 is 33.3 Å². The van der Waals surface area contributed by atoms with E-state index < -0.39 is 0 Å². The van der Waals surface area contributed by atoms with Crippen LogP contribution in [-0.4, -0.2) is 48.0 Å². The molecule has 1 amide bonds. The van der Waals surface area contributed by atoms with Gasteiger partial charge in [-0.15, -0.1) is 11.3 Å². The third-order valence-corrected chi connectivity index (χ3v) is 3.92. The summed E-state index contributed by atoms with van der Waals surface area (Å²) in [6.45, 7) is 1.57. The fraction of sp³-hybridized carbons (Fsp3) is 0.417. The number of carbonyl (C=O) groups is 1. The number of nitrogen functional groups attached to an aromatic ring is 1. The number of nitrogens with zero attached hydrogens (tertiary/aromatic N) is 3. The van der Waals surface area contributed by atoms with Crippen LogP contribution in [-0.2, 0) is 0 Å². The van der Waals surface area contributed by atoms with Crippen molar-refractivity contribution in [1.82, 2.24) is 20.2 Å². The Morgan fingerprint density at radius 3 is 2.89 bits per heavy atom. The third-order valence-electron chi connectivity index (χ3n) is 2.82. The number of hydrogen-bond acceptors (Lipinski definition) is 6. The van der Waals surface area contributed by atoms with E-state index in [1.807, 2.05) is 7.05 Å². The molecule has 0 spiro atoms. The van der Waals surface area contributed by atoms with Gasteiger partial charge in [-0.25, -0.2) is 9.97 Å². The number of anilines is 1. The molecule has 0 aromatic carbocycles. The molecule has 0 aliphatic carbocycles. The fourth-order valence-electron chi connectivity index (χ4n) is 1.77. The first-order valence-corrected chi connectivity index (χ1v) is 6.86. The van der Waals surface area contributed by atoms with E-state index in [0.29, 0.717) is 27.5 Å². The zero-order valence-electron chi connectivity index (χ0n) is 11.0. The molecule has 6 nitrogen and oxygen atoms in total. The number of aromatic nitrogens is 2. The largest absolute Gasteiger partial charge is 0.396 e. The van der Waals surface area contributed by atoms with Gasteiger partial charge < -0.3 is 16.0 Å². The maximum atomic E-state index is 12.3. The van der Waals surface area contributed by atoms with Crippen LogP contribution in [0.5, 0.6) is 0 Å². The van der Waals surface area contributed by atoms with Gasteiger partial charge in [0.25, 0.3) is 5.91 Å². The van der Waals surface area contributed by atoms with Crippen molar-refractivity contribution in [3.63, 3.8) is 0 Å². The molecule has 0 aliphatic heterocycles. The summed E-state index contributed by atoms with van der Waals surface area (Å²) in [6.07, 6.45) is 4.08. The monoisotopic (exact) mass is 279 g/mol. The van der Waals surface area contributed by atoms with Crippen molar-refractivity contribution < 1.29 is 4.79 Å². The Morgan fingerprint density at radius 2 is 2.21 bits per heavy atom. The molecule has 0 fully saturated rings. The minimum absolute atomic E-state index is 0.0709. The van der Waals surface area contributed by atoms with E-state index in [9.17, 15) is 4.79 Å². The smallest absolute Gasteiger partial charge is 0.265 e. The van der Waals surface area contributed by atoms with Gasteiger partial charge in [0.05, 0.1) is 5.69 Å². The molecule has 0 radical (unpaired) electrons. The van der Waals surface area contributed by atoms with Crippen LogP contribution in [0.3, 0.4) is 0 Å². The molecule has 2 aromatic rings. The van der Waals surface area contributed by atoms with E-state index in [-0.39, 0.29) is 5.91 Å². The van der Waals surface area contributed by atoms with Crippen molar-refractivity contribution in [2.75, 3.05) is 32.9 Å². The topological polar surface area (TPSA) is 84.1 Å². The van der Waals surface area contributed by atoms with E-state index >= 15 is 0 Å². The van der Waals surface area contributed by atoms with Gasteiger partial charge in [-0.1, -0.05) is 0 Å². The van der Waals surface area contributed by atoms with Gasteiger partial charge in [0.2, 0.25) is 0 Å². The predicted octanol–water partition coefficient (Wildman–Crippen LogP) is 0.955. The fourth-order valence-corrected chi connectivity index (χ4v) is 2.79. The van der Waals surface area contributed by atoms with Crippen LogP contribution in [0.15, 0.2) is 12.4 Å². The molecule has 2 rings (SSSR count). The molecule has 0 saturated carbocycles. The zero-order chi connectivity index (χ0) is 13.8. The number of hydrogen-bond donors (Lipinski definition) is 2. The minimum Gasteiger partial charge on any atom is -0.396 e. The minimum atomic E-state index is -0.0709. The quantitative estimate of drug-likeness (QED) is 0.796. The lowest BCUT2D eigenvalue weighted by atomic mass is 10.3. The summed E-state index contributed by atoms with van der Waals surface area (Å²) in [5.74, 6) is -0.0709. The van der Waals surface area contributed by atoms with Crippen LogP contribution in [0.1, 0.15) is 16.1 Å². The highest BCUT2D eigenvalue weighted by atomic mass is 32.1. The lowest BCUT2D eigenvalue weighted by Gasteiger charge is -2.16. The molecule has 0 bridgehead atoms. The summed E-state index contributed by atoms with van der Waals surface area (Å²) in [4.78, 5) is 23.5. The lowest BCUT2D eigenvalue weighted by Crippen LogP contribution is -2.29. The molecule has 0 aliphatic rings. The SMILES string of the molecule is CNCCCN(C)C(=O)c1sc2nccnc2c1N. The second kappa shape index (κ2) is 5.94. The molecule has 2 aromatic heterocycles. The highest BCUT2D eigenvalue weighted by Gasteiger charge is 2.20. The molecule has 0 saturated heterocycles. The van der Waals surface area contributed by atoms with Gasteiger partial charge in [0, 0.05) is 26.0 Å². The molecule has 7 heteroatoms. The number of thiophene rings is 1. The van der Waals surface area contributed by atoms with Crippen LogP contribution >= 0.6 is 11.3 Å². The average molecular weight is 279 g/mol. The highest BCUT2D eigenvalue weighted by molar-refractivity contribution is 7.21. The molecule has 102 valence electrons. The molecule has 0 unspecified atom stereocenters. The number of nitrogens with one attached hydrogen (secondary N) is 1. The summed E-state index contributed by atoms with van der Waals surface area (Å²) in [5, 5.41) is 3.05. The molecular formula is C12H17N5OS. The van der Waals surface area contributed by atoms with Crippen molar-refractivity contribution in [1.29, 1.82) is 0 Å². The van der Waals surface area contributed by atoms with Crippen molar-refractivity contribution in [2.24, 2.45) is 0 Å². The number of carbonyl (C=O) groups excluding carboxylic acids is 1. The number of amides is 1. The number of fused-ring (bicyclic) bond motifs is 1. The summed E-state index contributed by atoms with van der Waals surface area (Å²) < 4.78 is 0. The zero-order valence-corrected chi connectivity index (χ0v) is 11.8. The van der Waals surface area contributed by atoms with Crippen molar-refractivity contribution in [2.45, 2.75) is 6.42 Å². The Balaban J connectivity index is 2.19. The second-order valence-corrected chi connectivity index (χ2v) is 5.24. The first kappa shape index (κ1) is 13.7. The molecule has 19 heavy (non-hydrogen) atoms. The van der Waals surface area contributed by atoms with Crippen LogP contribution in [0.25, 0.3) is 10.3 Å². The van der Waals surface area contributed by atoms with Gasteiger partial charge in [-0.05, 0) is 20.0 Å². The summed E-state index contributed by atoms with van der Waals surface area (Å²) in [6, 6.07) is 0. The Bertz CT molecular complexity index is 583. The molecule has 3 N–H and O–H groups in total. The molecule has 2 heterocycles. The van der Waals surface area contributed by atoms with Gasteiger partial charge in [-0.3, -0.25) is 4.79 Å². The Kier molecular flexibility index (Phi) is 4.28.